The summed E-state index contributed by atoms with van der Waals surface area (Å²) in [5.74, 6) is 0. The number of thiocyanates is 1. The Balaban J connectivity index is -0.0000000450. The molecule has 0 rings (SSSR count). The first-order valence-electron chi connectivity index (χ1n) is 0.582. The third-order valence-corrected chi connectivity index (χ3v) is 0.311. The average molecular weight is 118 g/mol. The minimum absolute atomic E-state index is 0. The molecule has 4 heteroatoms. The van der Waals surface area contributed by atoms with Gasteiger partial charge in [0.25, 0.3) is 0 Å². The molecule has 0 aromatic heterocycles. The fourth-order valence-corrected chi connectivity index (χ4v) is 0. The van der Waals surface area contributed by atoms with Gasteiger partial charge >= 0.3 is 29.6 Å². The molecule has 0 aliphatic heterocycles. The smallest absolute Gasteiger partial charge is 1.00 e. The van der Waals surface area contributed by atoms with Gasteiger partial charge in [0.1, 0.15) is 5.40 Å². The predicted octanol–water partition coefficient (Wildman–Crippen LogP) is -1.53. The molecule has 1 nitrogen and oxygen atoms in total. The Bertz CT molecular complexity index is 45.3. The van der Waals surface area contributed by atoms with Gasteiger partial charge in [0.05, 0.1) is 11.0 Å². The van der Waals surface area contributed by atoms with Crippen LogP contribution >= 0.6 is 21.7 Å². The zero-order valence-electron chi connectivity index (χ0n) is 3.73. The van der Waals surface area contributed by atoms with Crippen LogP contribution in [0.5, 0.6) is 0 Å². The van der Waals surface area contributed by atoms with Crippen molar-refractivity contribution in [2.75, 3.05) is 0 Å². The van der Waals surface area contributed by atoms with Crippen LogP contribution in [0.15, 0.2) is 0 Å². The van der Waals surface area contributed by atoms with E-state index in [0.717, 1.165) is 0 Å². The number of hydrogen-bond donors (Lipinski definition) is 0. The Hall–Kier alpha value is 1.13. The summed E-state index contributed by atoms with van der Waals surface area (Å²) >= 11 is 0. The Kier molecular flexibility index (Phi) is 16.9. The molecule has 0 aromatic rings. The Morgan fingerprint density at radius 3 is 2.20 bits per heavy atom. The van der Waals surface area contributed by atoms with Gasteiger partial charge in [-0.1, -0.05) is 0 Å². The maximum absolute atomic E-state index is 7.46. The summed E-state index contributed by atoms with van der Waals surface area (Å²) in [6, 6.07) is 0. The van der Waals surface area contributed by atoms with E-state index in [-0.39, 0.29) is 31.0 Å². The van der Waals surface area contributed by atoms with Crippen molar-refractivity contribution in [2.45, 2.75) is 0 Å². The van der Waals surface area contributed by atoms with E-state index in [1.165, 1.54) is 0 Å². The molecule has 0 aliphatic rings. The van der Waals surface area contributed by atoms with E-state index in [2.05, 4.69) is 0 Å². The molecule has 5 heavy (non-hydrogen) atoms. The molecule has 0 heterocycles. The summed E-state index contributed by atoms with van der Waals surface area (Å²) in [6.07, 6.45) is 0. The zero-order valence-corrected chi connectivity index (χ0v) is 6.31. The molecular formula is CHClNNaS. The standard InChI is InChI=1S/CClNS.Na.H/c2-4-1-3;;/q;+1;-1. The third-order valence-electron chi connectivity index (χ3n) is 0.0345. The molecule has 0 N–H and O–H groups in total. The van der Waals surface area contributed by atoms with Crippen LogP contribution in [0.2, 0.25) is 0 Å². The Morgan fingerprint density at radius 2 is 2.20 bits per heavy atom. The molecule has 0 bridgehead atoms. The number of halogens is 1. The van der Waals surface area contributed by atoms with E-state index in [9.17, 15) is 0 Å². The van der Waals surface area contributed by atoms with Crippen LogP contribution in [-0.2, 0) is 0 Å². The van der Waals surface area contributed by atoms with Crippen LogP contribution in [-0.4, -0.2) is 0 Å². The van der Waals surface area contributed by atoms with Gasteiger partial charge in [-0.3, -0.25) is 0 Å². The summed E-state index contributed by atoms with van der Waals surface area (Å²) in [7, 11) is 5.38. The number of nitrogens with zero attached hydrogens (tertiary/aromatic N) is 1. The SMILES string of the molecule is N#CSCl.[H-].[Na+]. The molecule has 0 unspecified atom stereocenters. The van der Waals surface area contributed by atoms with E-state index < -0.39 is 0 Å². The van der Waals surface area contributed by atoms with Gasteiger partial charge in [-0.2, -0.15) is 5.26 Å². The second-order valence-corrected chi connectivity index (χ2v) is 0.968. The van der Waals surface area contributed by atoms with Gasteiger partial charge in [0.15, 0.2) is 0 Å². The summed E-state index contributed by atoms with van der Waals surface area (Å²) in [5.41, 5.74) is 0. The first kappa shape index (κ1) is 9.46. The average Bonchev–Trinajstić information content (AvgIpc) is 1.37. The molecule has 24 valence electrons. The maximum Gasteiger partial charge on any atom is 1.00 e. The first-order valence-corrected chi connectivity index (χ1v) is 2.22. The topological polar surface area (TPSA) is 23.8 Å². The molecule has 0 spiro atoms. The maximum atomic E-state index is 7.46. The summed E-state index contributed by atoms with van der Waals surface area (Å²) < 4.78 is 0. The second kappa shape index (κ2) is 8.93. The molecule has 0 saturated heterocycles. The molecule has 0 amide bonds. The van der Waals surface area contributed by atoms with Gasteiger partial charge < -0.3 is 1.43 Å². The van der Waals surface area contributed by atoms with Crippen molar-refractivity contribution >= 4 is 21.7 Å². The molecule has 0 atom stereocenters. The molecule has 0 aliphatic carbocycles. The fraction of sp³-hybridized carbons (Fsp3) is 0. The summed E-state index contributed by atoms with van der Waals surface area (Å²) in [6.45, 7) is 0. The summed E-state index contributed by atoms with van der Waals surface area (Å²) in [5, 5.41) is 9.07. The van der Waals surface area contributed by atoms with Crippen LogP contribution in [0, 0.1) is 10.7 Å². The van der Waals surface area contributed by atoms with Crippen molar-refractivity contribution in [3.05, 3.63) is 0 Å². The van der Waals surface area contributed by atoms with Crippen molar-refractivity contribution in [2.24, 2.45) is 0 Å². The molecule has 0 aromatic carbocycles. The molecule has 0 saturated carbocycles. The second-order valence-electron chi connectivity index (χ2n) is 0.168. The third kappa shape index (κ3) is 11.1. The summed E-state index contributed by atoms with van der Waals surface area (Å²) in [4.78, 5) is 0. The molecule has 0 radical (unpaired) electrons. The Labute approximate surface area is 63.0 Å². The Morgan fingerprint density at radius 1 is 2.00 bits per heavy atom. The van der Waals surface area contributed by atoms with Crippen molar-refractivity contribution < 1.29 is 31.0 Å². The van der Waals surface area contributed by atoms with E-state index in [0.29, 0.717) is 11.0 Å². The van der Waals surface area contributed by atoms with E-state index in [1.54, 1.807) is 5.40 Å². The van der Waals surface area contributed by atoms with Crippen molar-refractivity contribution in [1.29, 1.82) is 5.26 Å². The predicted molar refractivity (Wildman–Crippen MR) is 20.2 cm³/mol. The van der Waals surface area contributed by atoms with Gasteiger partial charge in [-0.25, -0.2) is 0 Å². The number of nitriles is 1. The van der Waals surface area contributed by atoms with Gasteiger partial charge in [-0.15, -0.1) is 0 Å². The minimum atomic E-state index is 0. The van der Waals surface area contributed by atoms with Crippen molar-refractivity contribution in [3.63, 3.8) is 0 Å². The number of hydrogen-bond acceptors (Lipinski definition) is 2. The van der Waals surface area contributed by atoms with Crippen LogP contribution in [0.1, 0.15) is 1.43 Å². The zero-order chi connectivity index (χ0) is 3.41. The largest absolute Gasteiger partial charge is 1.00 e. The van der Waals surface area contributed by atoms with Crippen LogP contribution in [0.3, 0.4) is 0 Å². The van der Waals surface area contributed by atoms with Crippen LogP contribution in [0.4, 0.5) is 0 Å². The fourth-order valence-electron chi connectivity index (χ4n) is 0. The van der Waals surface area contributed by atoms with Crippen LogP contribution in [0.25, 0.3) is 0 Å². The van der Waals surface area contributed by atoms with E-state index in [4.69, 9.17) is 15.9 Å². The van der Waals surface area contributed by atoms with E-state index in [1.807, 2.05) is 0 Å². The minimum Gasteiger partial charge on any atom is -1.00 e. The van der Waals surface area contributed by atoms with E-state index >= 15 is 0 Å². The van der Waals surface area contributed by atoms with Gasteiger partial charge in [0, 0.05) is 0 Å². The molecular weight excluding hydrogens is 117 g/mol. The van der Waals surface area contributed by atoms with Crippen LogP contribution < -0.4 is 29.6 Å². The number of rotatable bonds is 0. The first-order chi connectivity index (χ1) is 1.91. The van der Waals surface area contributed by atoms with Crippen molar-refractivity contribution in [1.82, 2.24) is 0 Å². The normalized spacial score (nSPS) is 4.00. The quantitative estimate of drug-likeness (QED) is 0.284. The van der Waals surface area contributed by atoms with Gasteiger partial charge in [-0.05, 0) is 10.7 Å². The monoisotopic (exact) mass is 117 g/mol. The van der Waals surface area contributed by atoms with Gasteiger partial charge in [0.2, 0.25) is 0 Å². The van der Waals surface area contributed by atoms with Crippen molar-refractivity contribution in [3.8, 4) is 5.40 Å². The molecule has 0 fully saturated rings.